The van der Waals surface area contributed by atoms with Crippen LogP contribution >= 0.6 is 0 Å². The van der Waals surface area contributed by atoms with Gasteiger partial charge in [-0.3, -0.25) is 4.79 Å². The Kier molecular flexibility index (Phi) is 3.47. The van der Waals surface area contributed by atoms with Crippen LogP contribution in [0.3, 0.4) is 0 Å². The van der Waals surface area contributed by atoms with Crippen LogP contribution in [0.15, 0.2) is 42.5 Å². The molecule has 0 spiro atoms. The molecule has 0 aromatic heterocycles. The molecule has 2 heteroatoms. The third-order valence-corrected chi connectivity index (χ3v) is 3.07. The number of ketones is 1. The van der Waals surface area contributed by atoms with Crippen LogP contribution in [0.2, 0.25) is 0 Å². The third-order valence-electron chi connectivity index (χ3n) is 3.07. The molecule has 0 saturated heterocycles. The number of phenols is 1. The Morgan fingerprint density at radius 3 is 2.44 bits per heavy atom. The monoisotopic (exact) mass is 240 g/mol. The van der Waals surface area contributed by atoms with Crippen LogP contribution in [-0.2, 0) is 6.42 Å². The van der Waals surface area contributed by atoms with Crippen molar-refractivity contribution in [1.82, 2.24) is 0 Å². The van der Waals surface area contributed by atoms with E-state index in [0.29, 0.717) is 5.56 Å². The molecule has 0 bridgehead atoms. The van der Waals surface area contributed by atoms with Crippen molar-refractivity contribution in [3.8, 4) is 5.75 Å². The van der Waals surface area contributed by atoms with Gasteiger partial charge in [0.15, 0.2) is 5.78 Å². The molecule has 18 heavy (non-hydrogen) atoms. The molecule has 2 aromatic carbocycles. The third kappa shape index (κ3) is 2.59. The zero-order chi connectivity index (χ0) is 13.1. The lowest BCUT2D eigenvalue weighted by Crippen LogP contribution is -1.98. The van der Waals surface area contributed by atoms with Crippen molar-refractivity contribution < 1.29 is 9.90 Å². The molecule has 0 aliphatic heterocycles. The molecule has 0 radical (unpaired) electrons. The van der Waals surface area contributed by atoms with E-state index in [1.165, 1.54) is 12.5 Å². The van der Waals surface area contributed by atoms with E-state index < -0.39 is 0 Å². The predicted molar refractivity (Wildman–Crippen MR) is 72.1 cm³/mol. The van der Waals surface area contributed by atoms with Crippen molar-refractivity contribution in [2.45, 2.75) is 20.3 Å². The van der Waals surface area contributed by atoms with E-state index in [-0.39, 0.29) is 11.5 Å². The lowest BCUT2D eigenvalue weighted by Gasteiger charge is -2.09. The summed E-state index contributed by atoms with van der Waals surface area (Å²) in [5.41, 5.74) is 3.66. The number of carbonyl (C=O) groups excluding carboxylic acids is 1. The highest BCUT2D eigenvalue weighted by Gasteiger charge is 2.10. The van der Waals surface area contributed by atoms with E-state index in [2.05, 4.69) is 12.1 Å². The minimum absolute atomic E-state index is 0.0665. The fourth-order valence-electron chi connectivity index (χ4n) is 2.03. The van der Waals surface area contributed by atoms with Crippen LogP contribution in [0, 0.1) is 6.92 Å². The first-order chi connectivity index (χ1) is 8.58. The highest BCUT2D eigenvalue weighted by molar-refractivity contribution is 5.97. The zero-order valence-corrected chi connectivity index (χ0v) is 10.6. The number of carbonyl (C=O) groups is 1. The van der Waals surface area contributed by atoms with Crippen LogP contribution < -0.4 is 0 Å². The molecule has 0 atom stereocenters. The predicted octanol–water partition coefficient (Wildman–Crippen LogP) is 3.49. The Bertz CT molecular complexity index is 571. The minimum atomic E-state index is -0.109. The number of Topliss-reactive ketones (excluding diaryl/α,β-unsaturated/α-hetero) is 1. The molecule has 0 saturated carbocycles. The van der Waals surface area contributed by atoms with Crippen LogP contribution in [0.1, 0.15) is 34.0 Å². The molecule has 0 aliphatic carbocycles. The maximum atomic E-state index is 11.4. The number of rotatable bonds is 3. The summed E-state index contributed by atoms with van der Waals surface area (Å²) < 4.78 is 0. The van der Waals surface area contributed by atoms with Gasteiger partial charge in [-0.05, 0) is 49.1 Å². The molecule has 1 N–H and O–H groups in total. The molecule has 0 unspecified atom stereocenters. The lowest BCUT2D eigenvalue weighted by atomic mass is 9.96. The highest BCUT2D eigenvalue weighted by Crippen LogP contribution is 2.24. The first-order valence-electron chi connectivity index (χ1n) is 5.95. The van der Waals surface area contributed by atoms with Crippen molar-refractivity contribution in [2.75, 3.05) is 0 Å². The zero-order valence-electron chi connectivity index (χ0n) is 10.6. The van der Waals surface area contributed by atoms with Crippen LogP contribution in [0.4, 0.5) is 0 Å². The first kappa shape index (κ1) is 12.4. The van der Waals surface area contributed by atoms with E-state index in [4.69, 9.17) is 0 Å². The van der Waals surface area contributed by atoms with E-state index in [1.807, 2.05) is 25.1 Å². The summed E-state index contributed by atoms with van der Waals surface area (Å²) in [6.45, 7) is 3.42. The lowest BCUT2D eigenvalue weighted by molar-refractivity contribution is 0.101. The SMILES string of the molecule is CC(=O)c1cc(Cc2ccccc2)c(C)cc1O. The van der Waals surface area contributed by atoms with E-state index in [9.17, 15) is 9.90 Å². The van der Waals surface area contributed by atoms with Gasteiger partial charge in [-0.15, -0.1) is 0 Å². The Balaban J connectivity index is 2.39. The fraction of sp³-hybridized carbons (Fsp3) is 0.188. The second kappa shape index (κ2) is 5.05. The molecule has 92 valence electrons. The summed E-state index contributed by atoms with van der Waals surface area (Å²) in [6.07, 6.45) is 0.771. The maximum Gasteiger partial charge on any atom is 0.163 e. The summed E-state index contributed by atoms with van der Waals surface area (Å²) in [6, 6.07) is 13.5. The topological polar surface area (TPSA) is 37.3 Å². The average Bonchev–Trinajstić information content (AvgIpc) is 2.33. The van der Waals surface area contributed by atoms with E-state index in [0.717, 1.165) is 17.5 Å². The van der Waals surface area contributed by atoms with Gasteiger partial charge >= 0.3 is 0 Å². The molecule has 0 heterocycles. The van der Waals surface area contributed by atoms with Gasteiger partial charge in [0.05, 0.1) is 5.56 Å². The number of hydrogen-bond acceptors (Lipinski definition) is 2. The second-order valence-corrected chi connectivity index (χ2v) is 4.51. The number of hydrogen-bond donors (Lipinski definition) is 1. The normalized spacial score (nSPS) is 10.3. The molecule has 0 fully saturated rings. The number of benzene rings is 2. The van der Waals surface area contributed by atoms with Gasteiger partial charge < -0.3 is 5.11 Å². The summed E-state index contributed by atoms with van der Waals surface area (Å²) in [5, 5.41) is 9.73. The molecule has 2 aromatic rings. The van der Waals surface area contributed by atoms with Crippen molar-refractivity contribution in [3.05, 3.63) is 64.7 Å². The van der Waals surface area contributed by atoms with Crippen molar-refractivity contribution in [1.29, 1.82) is 0 Å². The molecule has 0 amide bonds. The van der Waals surface area contributed by atoms with Gasteiger partial charge in [0.25, 0.3) is 0 Å². The standard InChI is InChI=1S/C16H16O2/c1-11-8-16(18)15(12(2)17)10-14(11)9-13-6-4-3-5-7-13/h3-8,10,18H,9H2,1-2H3. The summed E-state index contributed by atoms with van der Waals surface area (Å²) in [5.74, 6) is -0.0429. The van der Waals surface area contributed by atoms with Crippen LogP contribution in [0.5, 0.6) is 5.75 Å². The highest BCUT2D eigenvalue weighted by atomic mass is 16.3. The Labute approximate surface area is 107 Å². The fourth-order valence-corrected chi connectivity index (χ4v) is 2.03. The van der Waals surface area contributed by atoms with Gasteiger partial charge in [-0.25, -0.2) is 0 Å². The average molecular weight is 240 g/mol. The first-order valence-corrected chi connectivity index (χ1v) is 5.95. The Morgan fingerprint density at radius 1 is 1.17 bits per heavy atom. The van der Waals surface area contributed by atoms with Gasteiger partial charge in [0.1, 0.15) is 5.75 Å². The van der Waals surface area contributed by atoms with Crippen molar-refractivity contribution >= 4 is 5.78 Å². The number of aromatic hydroxyl groups is 1. The van der Waals surface area contributed by atoms with Gasteiger partial charge in [0, 0.05) is 0 Å². The molecular weight excluding hydrogens is 224 g/mol. The Hall–Kier alpha value is -2.09. The van der Waals surface area contributed by atoms with Gasteiger partial charge in [-0.1, -0.05) is 30.3 Å². The van der Waals surface area contributed by atoms with Crippen molar-refractivity contribution in [3.63, 3.8) is 0 Å². The van der Waals surface area contributed by atoms with Crippen LogP contribution in [0.25, 0.3) is 0 Å². The quantitative estimate of drug-likeness (QED) is 0.834. The summed E-state index contributed by atoms with van der Waals surface area (Å²) >= 11 is 0. The second-order valence-electron chi connectivity index (χ2n) is 4.51. The Morgan fingerprint density at radius 2 is 1.83 bits per heavy atom. The minimum Gasteiger partial charge on any atom is -0.507 e. The van der Waals surface area contributed by atoms with Crippen molar-refractivity contribution in [2.24, 2.45) is 0 Å². The maximum absolute atomic E-state index is 11.4. The van der Waals surface area contributed by atoms with E-state index in [1.54, 1.807) is 12.1 Å². The molecular formula is C16H16O2. The van der Waals surface area contributed by atoms with Crippen LogP contribution in [-0.4, -0.2) is 10.9 Å². The summed E-state index contributed by atoms with van der Waals surface area (Å²) in [4.78, 5) is 11.4. The number of phenolic OH excluding ortho intramolecular Hbond substituents is 1. The van der Waals surface area contributed by atoms with Gasteiger partial charge in [0.2, 0.25) is 0 Å². The van der Waals surface area contributed by atoms with Gasteiger partial charge in [-0.2, -0.15) is 0 Å². The molecule has 2 rings (SSSR count). The molecule has 2 nitrogen and oxygen atoms in total. The number of aryl methyl sites for hydroxylation is 1. The molecule has 0 aliphatic rings. The van der Waals surface area contributed by atoms with E-state index >= 15 is 0 Å². The smallest absolute Gasteiger partial charge is 0.163 e. The summed E-state index contributed by atoms with van der Waals surface area (Å²) in [7, 11) is 0. The largest absolute Gasteiger partial charge is 0.507 e.